The molecule has 0 aliphatic heterocycles. The Hall–Kier alpha value is -1.70. The predicted molar refractivity (Wildman–Crippen MR) is 91.6 cm³/mol. The van der Waals surface area contributed by atoms with Gasteiger partial charge in [0.25, 0.3) is 0 Å². The van der Waals surface area contributed by atoms with Crippen LogP contribution < -0.4 is 10.5 Å². The normalized spacial score (nSPS) is 12.8. The first-order valence-corrected chi connectivity index (χ1v) is 9.73. The van der Waals surface area contributed by atoms with Crippen LogP contribution in [0.2, 0.25) is 0 Å². The van der Waals surface area contributed by atoms with Gasteiger partial charge in [-0.05, 0) is 48.9 Å². The molecule has 2 aromatic rings. The van der Waals surface area contributed by atoms with Crippen molar-refractivity contribution in [3.63, 3.8) is 0 Å². The molecule has 0 saturated heterocycles. The van der Waals surface area contributed by atoms with Gasteiger partial charge in [0.1, 0.15) is 0 Å². The molecule has 3 N–H and O–H groups in total. The Morgan fingerprint density at radius 3 is 2.74 bits per heavy atom. The molecule has 0 saturated carbocycles. The highest BCUT2D eigenvalue weighted by atomic mass is 32.2. The standard InChI is InChI=1S/C16H20N2O3S2/c1-12(13-5-2-8-15(11-13)23(17,20)21)18-16(19)9-3-6-14-7-4-10-22-14/h2,4-5,7-8,10-12H,3,6,9H2,1H3,(H,18,19)(H2,17,20,21)/t12-/m1/s1. The monoisotopic (exact) mass is 352 g/mol. The minimum atomic E-state index is -3.74. The lowest BCUT2D eigenvalue weighted by molar-refractivity contribution is -0.121. The number of primary sulfonamides is 1. The summed E-state index contributed by atoms with van der Waals surface area (Å²) in [5.41, 5.74) is 0.711. The van der Waals surface area contributed by atoms with Gasteiger partial charge in [-0.15, -0.1) is 11.3 Å². The lowest BCUT2D eigenvalue weighted by Gasteiger charge is -2.15. The number of hydrogen-bond donors (Lipinski definition) is 2. The van der Waals surface area contributed by atoms with Crippen molar-refractivity contribution in [2.45, 2.75) is 37.1 Å². The third kappa shape index (κ3) is 5.46. The topological polar surface area (TPSA) is 89.3 Å². The Morgan fingerprint density at radius 1 is 1.30 bits per heavy atom. The predicted octanol–water partition coefficient (Wildman–Crippen LogP) is 2.60. The van der Waals surface area contributed by atoms with Gasteiger partial charge in [0, 0.05) is 11.3 Å². The van der Waals surface area contributed by atoms with Crippen molar-refractivity contribution in [2.24, 2.45) is 5.14 Å². The Kier molecular flexibility index (Phi) is 5.92. The fraction of sp³-hybridized carbons (Fsp3) is 0.312. The summed E-state index contributed by atoms with van der Waals surface area (Å²) >= 11 is 1.69. The average Bonchev–Trinajstić information content (AvgIpc) is 2.99. The van der Waals surface area contributed by atoms with Crippen LogP contribution in [0.5, 0.6) is 0 Å². The summed E-state index contributed by atoms with van der Waals surface area (Å²) in [5, 5.41) is 10.0. The Labute approximate surface area is 140 Å². The maximum atomic E-state index is 12.0. The van der Waals surface area contributed by atoms with Crippen molar-refractivity contribution in [2.75, 3.05) is 0 Å². The van der Waals surface area contributed by atoms with Crippen LogP contribution in [-0.4, -0.2) is 14.3 Å². The van der Waals surface area contributed by atoms with Crippen LogP contribution in [0, 0.1) is 0 Å². The third-order valence-corrected chi connectivity index (χ3v) is 5.32. The summed E-state index contributed by atoms with van der Waals surface area (Å²) in [4.78, 5) is 13.3. The van der Waals surface area contributed by atoms with E-state index in [0.717, 1.165) is 12.8 Å². The van der Waals surface area contributed by atoms with Crippen LogP contribution >= 0.6 is 11.3 Å². The van der Waals surface area contributed by atoms with E-state index in [9.17, 15) is 13.2 Å². The van der Waals surface area contributed by atoms with E-state index in [4.69, 9.17) is 5.14 Å². The molecule has 2 rings (SSSR count). The maximum absolute atomic E-state index is 12.0. The first kappa shape index (κ1) is 17.7. The van der Waals surface area contributed by atoms with Gasteiger partial charge < -0.3 is 5.32 Å². The molecular weight excluding hydrogens is 332 g/mol. The van der Waals surface area contributed by atoms with E-state index >= 15 is 0 Å². The molecule has 0 fully saturated rings. The van der Waals surface area contributed by atoms with Gasteiger partial charge in [0.2, 0.25) is 15.9 Å². The van der Waals surface area contributed by atoms with Crippen LogP contribution in [0.15, 0.2) is 46.7 Å². The van der Waals surface area contributed by atoms with Gasteiger partial charge in [-0.2, -0.15) is 0 Å². The largest absolute Gasteiger partial charge is 0.350 e. The number of carbonyl (C=O) groups excluding carboxylic acids is 1. The number of nitrogens with two attached hydrogens (primary N) is 1. The number of sulfonamides is 1. The molecule has 1 amide bonds. The van der Waals surface area contributed by atoms with E-state index in [1.165, 1.54) is 17.0 Å². The lowest BCUT2D eigenvalue weighted by Crippen LogP contribution is -2.26. The molecule has 1 atom stereocenters. The smallest absolute Gasteiger partial charge is 0.238 e. The van der Waals surface area contributed by atoms with E-state index in [-0.39, 0.29) is 16.8 Å². The molecule has 7 heteroatoms. The van der Waals surface area contributed by atoms with E-state index in [1.54, 1.807) is 23.5 Å². The molecule has 0 spiro atoms. The minimum Gasteiger partial charge on any atom is -0.350 e. The highest BCUT2D eigenvalue weighted by molar-refractivity contribution is 7.89. The average molecular weight is 352 g/mol. The van der Waals surface area contributed by atoms with Gasteiger partial charge in [-0.3, -0.25) is 4.79 Å². The summed E-state index contributed by atoms with van der Waals surface area (Å²) in [6.45, 7) is 1.82. The molecule has 0 aliphatic carbocycles. The molecule has 0 radical (unpaired) electrons. The van der Waals surface area contributed by atoms with E-state index in [0.29, 0.717) is 12.0 Å². The first-order chi connectivity index (χ1) is 10.9. The van der Waals surface area contributed by atoms with E-state index in [2.05, 4.69) is 11.4 Å². The van der Waals surface area contributed by atoms with Gasteiger partial charge >= 0.3 is 0 Å². The zero-order chi connectivity index (χ0) is 16.9. The van der Waals surface area contributed by atoms with Crippen molar-refractivity contribution in [1.82, 2.24) is 5.32 Å². The SMILES string of the molecule is C[C@@H](NC(=O)CCCc1cccs1)c1cccc(S(N)(=O)=O)c1. The maximum Gasteiger partial charge on any atom is 0.238 e. The highest BCUT2D eigenvalue weighted by Crippen LogP contribution is 2.17. The number of thiophene rings is 1. The van der Waals surface area contributed by atoms with Crippen molar-refractivity contribution in [1.29, 1.82) is 0 Å². The fourth-order valence-electron chi connectivity index (χ4n) is 2.24. The molecule has 5 nitrogen and oxygen atoms in total. The number of hydrogen-bond acceptors (Lipinski definition) is 4. The summed E-state index contributed by atoms with van der Waals surface area (Å²) in [7, 11) is -3.74. The summed E-state index contributed by atoms with van der Waals surface area (Å²) in [6, 6.07) is 10.1. The van der Waals surface area contributed by atoms with Gasteiger partial charge in [-0.25, -0.2) is 13.6 Å². The second kappa shape index (κ2) is 7.72. The zero-order valence-corrected chi connectivity index (χ0v) is 14.5. The molecule has 0 bridgehead atoms. The minimum absolute atomic E-state index is 0.0462. The van der Waals surface area contributed by atoms with Crippen LogP contribution in [0.1, 0.15) is 36.2 Å². The zero-order valence-electron chi connectivity index (χ0n) is 12.9. The molecule has 0 aliphatic rings. The van der Waals surface area contributed by atoms with Gasteiger partial charge in [0.15, 0.2) is 0 Å². The van der Waals surface area contributed by atoms with Crippen molar-refractivity contribution in [3.8, 4) is 0 Å². The van der Waals surface area contributed by atoms with Gasteiger partial charge in [0.05, 0.1) is 10.9 Å². The fourth-order valence-corrected chi connectivity index (χ4v) is 3.56. The van der Waals surface area contributed by atoms with Crippen LogP contribution in [0.4, 0.5) is 0 Å². The van der Waals surface area contributed by atoms with Crippen LogP contribution in [0.25, 0.3) is 0 Å². The first-order valence-electron chi connectivity index (χ1n) is 7.31. The Balaban J connectivity index is 1.88. The van der Waals surface area contributed by atoms with Crippen molar-refractivity contribution in [3.05, 3.63) is 52.2 Å². The van der Waals surface area contributed by atoms with Crippen LogP contribution in [-0.2, 0) is 21.2 Å². The van der Waals surface area contributed by atoms with E-state index in [1.807, 2.05) is 18.4 Å². The molecule has 0 unspecified atom stereocenters. The number of amides is 1. The Morgan fingerprint density at radius 2 is 2.09 bits per heavy atom. The molecule has 1 heterocycles. The molecule has 23 heavy (non-hydrogen) atoms. The van der Waals surface area contributed by atoms with E-state index < -0.39 is 10.0 Å². The van der Waals surface area contributed by atoms with Crippen molar-refractivity contribution >= 4 is 27.3 Å². The third-order valence-electron chi connectivity index (χ3n) is 3.47. The molecule has 1 aromatic carbocycles. The number of nitrogens with one attached hydrogen (secondary N) is 1. The second-order valence-corrected chi connectivity index (χ2v) is 7.93. The summed E-state index contributed by atoms with van der Waals surface area (Å²) in [5.74, 6) is -0.0462. The summed E-state index contributed by atoms with van der Waals surface area (Å²) in [6.07, 6.45) is 2.12. The number of aryl methyl sites for hydroxylation is 1. The van der Waals surface area contributed by atoms with Gasteiger partial charge in [-0.1, -0.05) is 18.2 Å². The number of rotatable bonds is 7. The van der Waals surface area contributed by atoms with Crippen LogP contribution in [0.3, 0.4) is 0 Å². The summed E-state index contributed by atoms with van der Waals surface area (Å²) < 4.78 is 22.8. The molecule has 124 valence electrons. The second-order valence-electron chi connectivity index (χ2n) is 5.34. The highest BCUT2D eigenvalue weighted by Gasteiger charge is 2.13. The number of carbonyl (C=O) groups is 1. The quantitative estimate of drug-likeness (QED) is 0.802. The molecule has 1 aromatic heterocycles. The molecular formula is C16H20N2O3S2. The number of benzene rings is 1. The lowest BCUT2D eigenvalue weighted by atomic mass is 10.1. The Bertz CT molecular complexity index is 755. The van der Waals surface area contributed by atoms with Crippen molar-refractivity contribution < 1.29 is 13.2 Å².